The van der Waals surface area contributed by atoms with Crippen LogP contribution in [-0.4, -0.2) is 29.2 Å². The van der Waals surface area contributed by atoms with E-state index >= 15 is 0 Å². The van der Waals surface area contributed by atoms with Crippen molar-refractivity contribution in [2.75, 3.05) is 12.4 Å². The standard InChI is InChI=1S/C25H23ClF3N3O3/c1-13(33)12-32-21(25(35)30-3)11-20(22(32)14(2)18-10-17(27)7-8-19(18)26)31-24(34)16-6-4-5-15(9-16)23(28)29/h4-11,14,23H,12H2,1-3H3,(H,30,35)(H,31,34)/t14-/m1/s1. The van der Waals surface area contributed by atoms with E-state index in [2.05, 4.69) is 10.6 Å². The Morgan fingerprint density at radius 3 is 2.40 bits per heavy atom. The molecule has 0 aliphatic rings. The molecule has 0 aliphatic carbocycles. The molecule has 0 spiro atoms. The fourth-order valence-electron chi connectivity index (χ4n) is 3.84. The van der Waals surface area contributed by atoms with Gasteiger partial charge in [0.05, 0.1) is 12.2 Å². The number of amides is 2. The first-order valence-corrected chi connectivity index (χ1v) is 11.0. The summed E-state index contributed by atoms with van der Waals surface area (Å²) in [5, 5.41) is 5.39. The Morgan fingerprint density at radius 2 is 1.77 bits per heavy atom. The van der Waals surface area contributed by atoms with Crippen molar-refractivity contribution in [1.82, 2.24) is 9.88 Å². The molecule has 0 saturated carbocycles. The number of Topliss-reactive ketones (excluding diaryl/α,β-unsaturated/α-hetero) is 1. The molecule has 0 saturated heterocycles. The van der Waals surface area contributed by atoms with Gasteiger partial charge < -0.3 is 15.2 Å². The lowest BCUT2D eigenvalue weighted by Crippen LogP contribution is -2.24. The van der Waals surface area contributed by atoms with Crippen molar-refractivity contribution >= 4 is 34.9 Å². The normalized spacial score (nSPS) is 11.9. The number of rotatable bonds is 8. The zero-order chi connectivity index (χ0) is 25.9. The van der Waals surface area contributed by atoms with Gasteiger partial charge in [-0.05, 0) is 48.9 Å². The summed E-state index contributed by atoms with van der Waals surface area (Å²) in [6, 6.07) is 10.2. The first kappa shape index (κ1) is 26.0. The van der Waals surface area contributed by atoms with E-state index in [0.717, 1.165) is 6.07 Å². The molecule has 1 aromatic heterocycles. The van der Waals surface area contributed by atoms with E-state index in [1.165, 1.54) is 61.0 Å². The number of nitrogens with one attached hydrogen (secondary N) is 2. The van der Waals surface area contributed by atoms with Crippen LogP contribution in [0.5, 0.6) is 0 Å². The first-order valence-electron chi connectivity index (χ1n) is 10.6. The van der Waals surface area contributed by atoms with E-state index in [0.29, 0.717) is 11.3 Å². The minimum absolute atomic E-state index is 0.0222. The lowest BCUT2D eigenvalue weighted by atomic mass is 9.96. The largest absolute Gasteiger partial charge is 0.354 e. The van der Waals surface area contributed by atoms with E-state index in [9.17, 15) is 27.6 Å². The van der Waals surface area contributed by atoms with Crippen LogP contribution in [0.2, 0.25) is 5.02 Å². The van der Waals surface area contributed by atoms with Gasteiger partial charge in [-0.25, -0.2) is 13.2 Å². The van der Waals surface area contributed by atoms with Gasteiger partial charge in [-0.3, -0.25) is 14.4 Å². The maximum absolute atomic E-state index is 14.0. The predicted octanol–water partition coefficient (Wildman–Crippen LogP) is 5.57. The first-order chi connectivity index (χ1) is 16.5. The summed E-state index contributed by atoms with van der Waals surface area (Å²) in [5.41, 5.74) is 0.584. The van der Waals surface area contributed by atoms with Gasteiger partial charge in [0, 0.05) is 34.8 Å². The zero-order valence-corrected chi connectivity index (χ0v) is 19.9. The number of halogens is 4. The third-order valence-corrected chi connectivity index (χ3v) is 5.81. The molecule has 184 valence electrons. The molecular formula is C25H23ClF3N3O3. The van der Waals surface area contributed by atoms with Crippen LogP contribution < -0.4 is 10.6 Å². The number of nitrogens with zero attached hydrogens (tertiary/aromatic N) is 1. The molecule has 6 nitrogen and oxygen atoms in total. The van der Waals surface area contributed by atoms with E-state index in [-0.39, 0.29) is 39.9 Å². The number of benzene rings is 2. The molecule has 3 aromatic rings. The SMILES string of the molecule is CNC(=O)c1cc(NC(=O)c2cccc(C(F)F)c2)c([C@H](C)c2cc(F)ccc2Cl)n1CC(C)=O. The Kier molecular flexibility index (Phi) is 8.01. The average Bonchev–Trinajstić information content (AvgIpc) is 3.16. The third-order valence-electron chi connectivity index (χ3n) is 5.46. The second-order valence-electron chi connectivity index (χ2n) is 7.96. The van der Waals surface area contributed by atoms with E-state index < -0.39 is 30.0 Å². The van der Waals surface area contributed by atoms with Crippen LogP contribution >= 0.6 is 11.6 Å². The number of aromatic nitrogens is 1. The summed E-state index contributed by atoms with van der Waals surface area (Å²) in [4.78, 5) is 37.7. The highest BCUT2D eigenvalue weighted by atomic mass is 35.5. The molecule has 10 heteroatoms. The Bertz CT molecular complexity index is 1290. The van der Waals surface area contributed by atoms with Crippen molar-refractivity contribution in [2.45, 2.75) is 32.7 Å². The van der Waals surface area contributed by atoms with Gasteiger partial charge in [0.25, 0.3) is 18.2 Å². The van der Waals surface area contributed by atoms with Gasteiger partial charge in [-0.2, -0.15) is 0 Å². The van der Waals surface area contributed by atoms with E-state index in [1.807, 2.05) is 0 Å². The molecule has 1 atom stereocenters. The number of carbonyl (C=O) groups is 3. The number of alkyl halides is 2. The molecule has 0 unspecified atom stereocenters. The highest BCUT2D eigenvalue weighted by Crippen LogP contribution is 2.37. The highest BCUT2D eigenvalue weighted by molar-refractivity contribution is 6.31. The maximum atomic E-state index is 14.0. The summed E-state index contributed by atoms with van der Waals surface area (Å²) in [5.74, 6) is -2.70. The van der Waals surface area contributed by atoms with Crippen molar-refractivity contribution in [2.24, 2.45) is 0 Å². The molecule has 35 heavy (non-hydrogen) atoms. The fraction of sp³-hybridized carbons (Fsp3) is 0.240. The Labute approximate surface area is 205 Å². The molecule has 0 fully saturated rings. The lowest BCUT2D eigenvalue weighted by Gasteiger charge is -2.20. The Hall–Kier alpha value is -3.59. The monoisotopic (exact) mass is 505 g/mol. The summed E-state index contributed by atoms with van der Waals surface area (Å²) in [6.07, 6.45) is -2.76. The van der Waals surface area contributed by atoms with Crippen LogP contribution in [0.15, 0.2) is 48.5 Å². The predicted molar refractivity (Wildman–Crippen MR) is 127 cm³/mol. The Morgan fingerprint density at radius 1 is 1.06 bits per heavy atom. The zero-order valence-electron chi connectivity index (χ0n) is 19.2. The maximum Gasteiger partial charge on any atom is 0.267 e. The quantitative estimate of drug-likeness (QED) is 0.420. The van der Waals surface area contributed by atoms with Crippen molar-refractivity contribution in [3.05, 3.63) is 87.4 Å². The van der Waals surface area contributed by atoms with Crippen LogP contribution in [0.3, 0.4) is 0 Å². The summed E-state index contributed by atoms with van der Waals surface area (Å²) < 4.78 is 41.7. The molecule has 2 amide bonds. The minimum atomic E-state index is -2.76. The van der Waals surface area contributed by atoms with Gasteiger partial charge in [-0.1, -0.05) is 30.7 Å². The topological polar surface area (TPSA) is 80.2 Å². The smallest absolute Gasteiger partial charge is 0.267 e. The number of anilines is 1. The van der Waals surface area contributed by atoms with Crippen molar-refractivity contribution in [3.8, 4) is 0 Å². The average molecular weight is 506 g/mol. The van der Waals surface area contributed by atoms with Gasteiger partial charge in [-0.15, -0.1) is 0 Å². The second-order valence-corrected chi connectivity index (χ2v) is 8.37. The second kappa shape index (κ2) is 10.8. The van der Waals surface area contributed by atoms with Crippen LogP contribution in [0.4, 0.5) is 18.9 Å². The van der Waals surface area contributed by atoms with Crippen LogP contribution in [-0.2, 0) is 11.3 Å². The molecule has 0 bridgehead atoms. The van der Waals surface area contributed by atoms with Gasteiger partial charge >= 0.3 is 0 Å². The molecule has 2 N–H and O–H groups in total. The number of hydrogen-bond donors (Lipinski definition) is 2. The van der Waals surface area contributed by atoms with E-state index in [1.54, 1.807) is 6.92 Å². The molecule has 3 rings (SSSR count). The summed E-state index contributed by atoms with van der Waals surface area (Å²) in [7, 11) is 1.41. The van der Waals surface area contributed by atoms with Crippen molar-refractivity contribution < 1.29 is 27.6 Å². The van der Waals surface area contributed by atoms with Crippen LogP contribution in [0.1, 0.15) is 63.9 Å². The van der Waals surface area contributed by atoms with Crippen molar-refractivity contribution in [1.29, 1.82) is 0 Å². The Balaban J connectivity index is 2.17. The van der Waals surface area contributed by atoms with E-state index in [4.69, 9.17) is 11.6 Å². The number of ketones is 1. The minimum Gasteiger partial charge on any atom is -0.354 e. The molecule has 2 aromatic carbocycles. The lowest BCUT2D eigenvalue weighted by molar-refractivity contribution is -0.117. The number of carbonyl (C=O) groups excluding carboxylic acids is 3. The summed E-state index contributed by atoms with van der Waals surface area (Å²) >= 11 is 6.32. The van der Waals surface area contributed by atoms with Gasteiger partial charge in [0.1, 0.15) is 17.3 Å². The molecule has 0 radical (unpaired) electrons. The number of hydrogen-bond acceptors (Lipinski definition) is 3. The third kappa shape index (κ3) is 5.74. The van der Waals surface area contributed by atoms with Crippen LogP contribution in [0.25, 0.3) is 0 Å². The van der Waals surface area contributed by atoms with Crippen molar-refractivity contribution in [3.63, 3.8) is 0 Å². The molecule has 1 heterocycles. The molecular weight excluding hydrogens is 483 g/mol. The fourth-order valence-corrected chi connectivity index (χ4v) is 4.13. The molecule has 0 aliphatic heterocycles. The highest BCUT2D eigenvalue weighted by Gasteiger charge is 2.27. The summed E-state index contributed by atoms with van der Waals surface area (Å²) in [6.45, 7) is 2.82. The van der Waals surface area contributed by atoms with Gasteiger partial charge in [0.2, 0.25) is 0 Å². The van der Waals surface area contributed by atoms with Gasteiger partial charge in [0.15, 0.2) is 0 Å². The van der Waals surface area contributed by atoms with Crippen LogP contribution in [0, 0.1) is 5.82 Å².